The molecule has 10 N–H and O–H groups in total. The highest BCUT2D eigenvalue weighted by atomic mass is 31.2. The first kappa shape index (κ1) is 31.4. The number of nitrogens with zero attached hydrogens (tertiary/aromatic N) is 2. The minimum absolute atomic E-state index is 0.118. The van der Waals surface area contributed by atoms with E-state index in [4.69, 9.17) is 24.8 Å². The molecule has 12 atom stereocenters. The van der Waals surface area contributed by atoms with E-state index in [0.29, 0.717) is 0 Å². The lowest BCUT2D eigenvalue weighted by molar-refractivity contribution is -0.260. The summed E-state index contributed by atoms with van der Waals surface area (Å²) in [5, 5.41) is 62.1. The van der Waals surface area contributed by atoms with Crippen molar-refractivity contribution < 1.29 is 67.8 Å². The third-order valence-electron chi connectivity index (χ3n) is 5.99. The van der Waals surface area contributed by atoms with Gasteiger partial charge in [-0.05, 0) is 6.07 Å². The normalized spacial score (nSPS) is 36.2. The summed E-state index contributed by atoms with van der Waals surface area (Å²) in [6.07, 6.45) is -18.2. The summed E-state index contributed by atoms with van der Waals surface area (Å²) in [5.41, 5.74) is 4.48. The number of aliphatic hydroxyl groups excluding tert-OH is 6. The topological polar surface area (TPSA) is 286 Å². The highest BCUT2D eigenvalue weighted by Crippen LogP contribution is 2.48. The highest BCUT2D eigenvalue weighted by molar-refractivity contribution is 7.47. The molecule has 1 unspecified atom stereocenters. The molecule has 0 aliphatic carbocycles. The van der Waals surface area contributed by atoms with Crippen molar-refractivity contribution >= 4 is 19.5 Å². The van der Waals surface area contributed by atoms with E-state index in [9.17, 15) is 49.0 Å². The third kappa shape index (κ3) is 7.15. The van der Waals surface area contributed by atoms with E-state index < -0.39 is 100 Å². The van der Waals surface area contributed by atoms with E-state index in [1.165, 1.54) is 6.07 Å². The molecule has 1 aromatic heterocycles. The average Bonchev–Trinajstić information content (AvgIpc) is 3.14. The van der Waals surface area contributed by atoms with Gasteiger partial charge in [-0.2, -0.15) is 4.98 Å². The first-order valence-corrected chi connectivity index (χ1v) is 12.9. The van der Waals surface area contributed by atoms with Crippen LogP contribution in [0.4, 0.5) is 10.2 Å². The Balaban J connectivity index is 1.69. The molecule has 3 rings (SSSR count). The Bertz CT molecular complexity index is 1110. The van der Waals surface area contributed by atoms with Gasteiger partial charge in [0.1, 0.15) is 48.5 Å². The number of nitrogens with two attached hydrogens (primary N) is 1. The van der Waals surface area contributed by atoms with E-state index in [1.807, 2.05) is 0 Å². The molecule has 0 saturated carbocycles. The number of aromatic nitrogens is 2. The molecule has 0 aromatic carbocycles. The number of halogens is 1. The van der Waals surface area contributed by atoms with Crippen molar-refractivity contribution in [1.82, 2.24) is 14.9 Å². The first-order valence-electron chi connectivity index (χ1n) is 11.4. The number of nitrogen functional groups attached to an aromatic ring is 1. The van der Waals surface area contributed by atoms with Crippen LogP contribution in [0.1, 0.15) is 13.2 Å². The number of rotatable bonds is 10. The molecule has 2 saturated heterocycles. The first-order chi connectivity index (χ1) is 18.2. The molecule has 222 valence electrons. The zero-order valence-corrected chi connectivity index (χ0v) is 21.1. The number of alkyl halides is 1. The van der Waals surface area contributed by atoms with Crippen molar-refractivity contribution in [2.24, 2.45) is 0 Å². The Labute approximate surface area is 218 Å². The maximum absolute atomic E-state index is 14.9. The predicted octanol–water partition coefficient (Wildman–Crippen LogP) is -4.78. The van der Waals surface area contributed by atoms with Crippen LogP contribution in [0.15, 0.2) is 17.1 Å². The highest BCUT2D eigenvalue weighted by Gasteiger charge is 2.52. The van der Waals surface area contributed by atoms with Crippen LogP contribution >= 0.6 is 7.82 Å². The van der Waals surface area contributed by atoms with Gasteiger partial charge in [-0.15, -0.1) is 0 Å². The fourth-order valence-corrected chi connectivity index (χ4v) is 4.84. The molecule has 0 bridgehead atoms. The van der Waals surface area contributed by atoms with E-state index >= 15 is 0 Å². The second-order valence-corrected chi connectivity index (χ2v) is 10.2. The number of hydrogen-bond acceptors (Lipinski definition) is 15. The van der Waals surface area contributed by atoms with Crippen LogP contribution in [0.3, 0.4) is 0 Å². The van der Waals surface area contributed by atoms with Gasteiger partial charge in [-0.1, -0.05) is 0 Å². The Morgan fingerprint density at radius 1 is 1.28 bits per heavy atom. The van der Waals surface area contributed by atoms with Gasteiger partial charge in [0.25, 0.3) is 0 Å². The number of hydrogen-bond donors (Lipinski definition) is 9. The average molecular weight is 588 g/mol. The second-order valence-electron chi connectivity index (χ2n) is 8.83. The summed E-state index contributed by atoms with van der Waals surface area (Å²) in [6, 6.07) is -0.449. The number of carbonyl (C=O) groups is 1. The van der Waals surface area contributed by atoms with Crippen molar-refractivity contribution in [2.75, 3.05) is 18.9 Å². The lowest BCUT2D eigenvalue weighted by Gasteiger charge is -2.44. The number of carbonyl (C=O) groups excluding carboxylic acids is 1. The number of ether oxygens (including phenoxy) is 2. The molecule has 18 nitrogen and oxygen atoms in total. The van der Waals surface area contributed by atoms with Crippen molar-refractivity contribution in [3.8, 4) is 0 Å². The van der Waals surface area contributed by atoms with Gasteiger partial charge < -0.3 is 56.1 Å². The van der Waals surface area contributed by atoms with Crippen LogP contribution in [0, 0.1) is 0 Å². The molecule has 3 heterocycles. The molecule has 0 radical (unpaired) electrons. The largest absolute Gasteiger partial charge is 0.474 e. The van der Waals surface area contributed by atoms with Crippen LogP contribution in [0.2, 0.25) is 0 Å². The number of phosphoric ester groups is 1. The minimum atomic E-state index is -5.29. The number of amides is 1. The fourth-order valence-electron chi connectivity index (χ4n) is 4.02. The lowest BCUT2D eigenvalue weighted by atomic mass is 9.91. The maximum Gasteiger partial charge on any atom is 0.474 e. The van der Waals surface area contributed by atoms with Crippen molar-refractivity contribution in [3.05, 3.63) is 22.7 Å². The van der Waals surface area contributed by atoms with E-state index in [1.54, 1.807) is 0 Å². The smallest absolute Gasteiger partial charge is 0.394 e. The van der Waals surface area contributed by atoms with Gasteiger partial charge in [-0.3, -0.25) is 18.4 Å². The number of nitrogens with one attached hydrogen (secondary N) is 1. The number of anilines is 1. The monoisotopic (exact) mass is 588 g/mol. The molecule has 2 aliphatic rings. The van der Waals surface area contributed by atoms with Gasteiger partial charge in [0.05, 0.1) is 19.3 Å². The van der Waals surface area contributed by atoms with Crippen LogP contribution in [0.5, 0.6) is 0 Å². The summed E-state index contributed by atoms with van der Waals surface area (Å²) >= 11 is 0. The zero-order valence-electron chi connectivity index (χ0n) is 20.2. The van der Waals surface area contributed by atoms with Gasteiger partial charge in [0.2, 0.25) is 12.2 Å². The van der Waals surface area contributed by atoms with Crippen molar-refractivity contribution in [3.63, 3.8) is 0 Å². The number of aliphatic hydroxyl groups is 6. The molecule has 20 heteroatoms. The quantitative estimate of drug-likeness (QED) is 0.116. The van der Waals surface area contributed by atoms with Crippen molar-refractivity contribution in [1.29, 1.82) is 0 Å². The summed E-state index contributed by atoms with van der Waals surface area (Å²) in [4.78, 5) is 37.1. The Hall–Kier alpha value is -2.13. The van der Waals surface area contributed by atoms with Gasteiger partial charge in [0, 0.05) is 13.1 Å². The van der Waals surface area contributed by atoms with Crippen LogP contribution < -0.4 is 16.7 Å². The number of phosphoric acid groups is 1. The third-order valence-corrected chi connectivity index (χ3v) is 6.94. The van der Waals surface area contributed by atoms with Crippen LogP contribution in [0.25, 0.3) is 0 Å². The van der Waals surface area contributed by atoms with E-state index in [-0.39, 0.29) is 5.82 Å². The molecule has 2 fully saturated rings. The zero-order chi connectivity index (χ0) is 29.2. The maximum atomic E-state index is 14.9. The minimum Gasteiger partial charge on any atom is -0.394 e. The summed E-state index contributed by atoms with van der Waals surface area (Å²) < 4.78 is 48.1. The standard InChI is InChI=1S/C19H30FN4O14P/c1-6(26)22-11-14(30)10(20)18(37-16(11)12(28)7(27)4-25)38-39(33,34)35-5-8-13(29)15(31)17(36-8)24-3-2-9(21)23-19(24)32/h2-3,7-8,10-18,25,27-31H,4-5H2,1H3,(H,22,26)(H,33,34)(H2,21,23,32)/t7-,8-,10-,11-,12-,13-,14+,15-,16-,17-,18+/m1/s1. The molecule has 0 spiro atoms. The molecule has 1 amide bonds. The Morgan fingerprint density at radius 2 is 1.95 bits per heavy atom. The Morgan fingerprint density at radius 3 is 2.54 bits per heavy atom. The predicted molar refractivity (Wildman–Crippen MR) is 122 cm³/mol. The second kappa shape index (κ2) is 12.6. The van der Waals surface area contributed by atoms with Gasteiger partial charge in [-0.25, -0.2) is 13.8 Å². The van der Waals surface area contributed by atoms with E-state index in [0.717, 1.165) is 17.7 Å². The summed E-state index contributed by atoms with van der Waals surface area (Å²) in [6.45, 7) is -0.924. The van der Waals surface area contributed by atoms with Gasteiger partial charge in [0.15, 0.2) is 12.4 Å². The summed E-state index contributed by atoms with van der Waals surface area (Å²) in [7, 11) is -5.29. The fraction of sp³-hybridized carbons (Fsp3) is 0.737. The molecule has 2 aliphatic heterocycles. The van der Waals surface area contributed by atoms with Crippen molar-refractivity contribution in [2.45, 2.75) is 74.4 Å². The Kier molecular flexibility index (Phi) is 10.1. The lowest BCUT2D eigenvalue weighted by Crippen LogP contribution is -2.66. The van der Waals surface area contributed by atoms with Crippen LogP contribution in [-0.2, 0) is 27.9 Å². The summed E-state index contributed by atoms with van der Waals surface area (Å²) in [5.74, 6) is -0.901. The van der Waals surface area contributed by atoms with Crippen LogP contribution in [-0.4, -0.2) is 125 Å². The van der Waals surface area contributed by atoms with Gasteiger partial charge >= 0.3 is 13.5 Å². The molecular formula is C19H30FN4O14P. The van der Waals surface area contributed by atoms with E-state index in [2.05, 4.69) is 14.8 Å². The molecule has 39 heavy (non-hydrogen) atoms. The molecular weight excluding hydrogens is 558 g/mol. The SMILES string of the molecule is CC(=O)N[C@@H]1[C@@H](O)[C@@H](F)[C@H](OP(=O)(O)OC[C@H]2O[C@@H](n3ccc(N)nc3=O)[C@H](O)[C@@H]2O)O[C@H]1[C@H](O)[C@H](O)CO. The molecule has 1 aromatic rings.